The molecule has 2 heterocycles. The monoisotopic (exact) mass is 254 g/mol. The largest absolute Gasteiger partial charge is 0.481 e. The van der Waals surface area contributed by atoms with Gasteiger partial charge in [-0.05, 0) is 0 Å². The Labute approximate surface area is 106 Å². The third kappa shape index (κ3) is 2.80. The van der Waals surface area contributed by atoms with Crippen molar-refractivity contribution in [1.82, 2.24) is 9.97 Å². The summed E-state index contributed by atoms with van der Waals surface area (Å²) in [5, 5.41) is 3.18. The van der Waals surface area contributed by atoms with Gasteiger partial charge in [-0.15, -0.1) is 0 Å². The number of nitrogens with zero attached hydrogens (tertiary/aromatic N) is 2. The molecule has 1 aliphatic heterocycles. The minimum atomic E-state index is -0.299. The Kier molecular flexibility index (Phi) is 3.83. The first-order valence-corrected chi connectivity index (χ1v) is 5.73. The molecule has 1 aromatic rings. The van der Waals surface area contributed by atoms with Gasteiger partial charge >= 0.3 is 0 Å². The minimum absolute atomic E-state index is 0.172. The fraction of sp³-hybridized carbons (Fsp3) is 0.636. The van der Waals surface area contributed by atoms with Gasteiger partial charge < -0.3 is 25.3 Å². The molecule has 1 fully saturated rings. The standard InChI is InChI=1S/C11H18N4O3/c1-16-9-5-8(14-10(12)15-9)13-6-11(17-2)3-4-18-7-11/h5H,3-4,6-7H2,1-2H3,(H3,12,13,14,15). The second-order valence-corrected chi connectivity index (χ2v) is 4.20. The third-order valence-electron chi connectivity index (χ3n) is 3.02. The Morgan fingerprint density at radius 2 is 2.33 bits per heavy atom. The van der Waals surface area contributed by atoms with Gasteiger partial charge in [0.1, 0.15) is 11.4 Å². The van der Waals surface area contributed by atoms with Crippen LogP contribution in [0.5, 0.6) is 5.88 Å². The van der Waals surface area contributed by atoms with Crippen LogP contribution in [0.25, 0.3) is 0 Å². The molecule has 7 nitrogen and oxygen atoms in total. The van der Waals surface area contributed by atoms with E-state index in [1.165, 1.54) is 7.11 Å². The summed E-state index contributed by atoms with van der Waals surface area (Å²) in [5.41, 5.74) is 5.29. The number of aromatic nitrogens is 2. The Hall–Kier alpha value is -1.60. The van der Waals surface area contributed by atoms with Crippen molar-refractivity contribution in [1.29, 1.82) is 0 Å². The number of nitrogens with two attached hydrogens (primary N) is 1. The fourth-order valence-corrected chi connectivity index (χ4v) is 1.85. The van der Waals surface area contributed by atoms with E-state index < -0.39 is 0 Å². The average molecular weight is 254 g/mol. The zero-order valence-electron chi connectivity index (χ0n) is 10.6. The Morgan fingerprint density at radius 1 is 1.50 bits per heavy atom. The number of rotatable bonds is 5. The van der Waals surface area contributed by atoms with Gasteiger partial charge in [0.15, 0.2) is 0 Å². The summed E-state index contributed by atoms with van der Waals surface area (Å²) in [4.78, 5) is 8.01. The van der Waals surface area contributed by atoms with Crippen molar-refractivity contribution in [2.75, 3.05) is 45.0 Å². The molecular formula is C11H18N4O3. The first kappa shape index (κ1) is 12.8. The third-order valence-corrected chi connectivity index (χ3v) is 3.02. The van der Waals surface area contributed by atoms with E-state index in [-0.39, 0.29) is 11.5 Å². The van der Waals surface area contributed by atoms with Crippen molar-refractivity contribution in [2.24, 2.45) is 0 Å². The summed E-state index contributed by atoms with van der Waals surface area (Å²) in [7, 11) is 3.22. The van der Waals surface area contributed by atoms with Gasteiger partial charge in [-0.2, -0.15) is 9.97 Å². The molecule has 1 aromatic heterocycles. The zero-order valence-corrected chi connectivity index (χ0v) is 10.6. The summed E-state index contributed by atoms with van der Waals surface area (Å²) in [5.74, 6) is 1.22. The first-order valence-electron chi connectivity index (χ1n) is 5.73. The van der Waals surface area contributed by atoms with Crippen molar-refractivity contribution >= 4 is 11.8 Å². The molecule has 0 spiro atoms. The van der Waals surface area contributed by atoms with Gasteiger partial charge in [0, 0.05) is 32.7 Å². The first-order chi connectivity index (χ1) is 8.67. The molecule has 1 aliphatic rings. The van der Waals surface area contributed by atoms with Gasteiger partial charge in [0.25, 0.3) is 0 Å². The summed E-state index contributed by atoms with van der Waals surface area (Å²) in [6, 6.07) is 1.69. The molecule has 2 rings (SSSR count). The highest BCUT2D eigenvalue weighted by atomic mass is 16.5. The lowest BCUT2D eigenvalue weighted by molar-refractivity contribution is -0.00625. The van der Waals surface area contributed by atoms with E-state index in [9.17, 15) is 0 Å². The molecule has 0 amide bonds. The number of nitrogens with one attached hydrogen (secondary N) is 1. The number of hydrogen-bond donors (Lipinski definition) is 2. The van der Waals surface area contributed by atoms with E-state index in [1.54, 1.807) is 13.2 Å². The predicted molar refractivity (Wildman–Crippen MR) is 66.7 cm³/mol. The second kappa shape index (κ2) is 5.36. The van der Waals surface area contributed by atoms with Crippen molar-refractivity contribution in [2.45, 2.75) is 12.0 Å². The Bertz CT molecular complexity index is 407. The van der Waals surface area contributed by atoms with E-state index in [1.807, 2.05) is 0 Å². The number of methoxy groups -OCH3 is 2. The van der Waals surface area contributed by atoms with Crippen LogP contribution in [0.4, 0.5) is 11.8 Å². The maximum absolute atomic E-state index is 5.59. The van der Waals surface area contributed by atoms with E-state index in [0.29, 0.717) is 31.5 Å². The maximum Gasteiger partial charge on any atom is 0.225 e. The van der Waals surface area contributed by atoms with Crippen LogP contribution in [0.3, 0.4) is 0 Å². The second-order valence-electron chi connectivity index (χ2n) is 4.20. The molecule has 100 valence electrons. The summed E-state index contributed by atoms with van der Waals surface area (Å²) in [6.45, 7) is 1.89. The SMILES string of the molecule is COc1cc(NCC2(OC)CCOC2)nc(N)n1. The summed E-state index contributed by atoms with van der Waals surface area (Å²) < 4.78 is 15.9. The number of nitrogen functional groups attached to an aromatic ring is 1. The molecule has 1 saturated heterocycles. The average Bonchev–Trinajstić information content (AvgIpc) is 2.85. The summed E-state index contributed by atoms with van der Waals surface area (Å²) in [6.07, 6.45) is 0.855. The van der Waals surface area contributed by atoms with Crippen molar-refractivity contribution in [3.8, 4) is 5.88 Å². The van der Waals surface area contributed by atoms with Crippen LogP contribution in [0.15, 0.2) is 6.07 Å². The molecule has 7 heteroatoms. The molecule has 0 aromatic carbocycles. The zero-order chi connectivity index (χ0) is 13.0. The smallest absolute Gasteiger partial charge is 0.225 e. The molecule has 0 saturated carbocycles. The highest BCUT2D eigenvalue weighted by molar-refractivity contribution is 5.43. The van der Waals surface area contributed by atoms with Crippen LogP contribution in [0.2, 0.25) is 0 Å². The normalized spacial score (nSPS) is 23.0. The van der Waals surface area contributed by atoms with Crippen LogP contribution >= 0.6 is 0 Å². The van der Waals surface area contributed by atoms with E-state index in [2.05, 4.69) is 15.3 Å². The van der Waals surface area contributed by atoms with Crippen LogP contribution in [0, 0.1) is 0 Å². The van der Waals surface area contributed by atoms with Crippen LogP contribution in [0.1, 0.15) is 6.42 Å². The predicted octanol–water partition coefficient (Wildman–Crippen LogP) is 0.285. The lowest BCUT2D eigenvalue weighted by atomic mass is 10.0. The fourth-order valence-electron chi connectivity index (χ4n) is 1.85. The molecule has 3 N–H and O–H groups in total. The van der Waals surface area contributed by atoms with Crippen LogP contribution < -0.4 is 15.8 Å². The molecule has 0 aliphatic carbocycles. The molecule has 18 heavy (non-hydrogen) atoms. The number of anilines is 2. The molecular weight excluding hydrogens is 236 g/mol. The number of hydrogen-bond acceptors (Lipinski definition) is 7. The van der Waals surface area contributed by atoms with Gasteiger partial charge in [-0.3, -0.25) is 0 Å². The van der Waals surface area contributed by atoms with Gasteiger partial charge in [0.2, 0.25) is 11.8 Å². The van der Waals surface area contributed by atoms with Crippen LogP contribution in [-0.4, -0.2) is 49.5 Å². The topological polar surface area (TPSA) is 91.5 Å². The van der Waals surface area contributed by atoms with E-state index >= 15 is 0 Å². The molecule has 1 unspecified atom stereocenters. The maximum atomic E-state index is 5.59. The van der Waals surface area contributed by atoms with Gasteiger partial charge in [-0.25, -0.2) is 0 Å². The quantitative estimate of drug-likeness (QED) is 0.780. The summed E-state index contributed by atoms with van der Waals surface area (Å²) >= 11 is 0. The highest BCUT2D eigenvalue weighted by Crippen LogP contribution is 2.23. The van der Waals surface area contributed by atoms with E-state index in [4.69, 9.17) is 19.9 Å². The van der Waals surface area contributed by atoms with Crippen molar-refractivity contribution in [3.05, 3.63) is 6.07 Å². The molecule has 0 bridgehead atoms. The highest BCUT2D eigenvalue weighted by Gasteiger charge is 2.34. The van der Waals surface area contributed by atoms with Gasteiger partial charge in [-0.1, -0.05) is 0 Å². The Balaban J connectivity index is 2.03. The molecule has 1 atom stereocenters. The van der Waals surface area contributed by atoms with Crippen molar-refractivity contribution in [3.63, 3.8) is 0 Å². The lowest BCUT2D eigenvalue weighted by Gasteiger charge is -2.26. The van der Waals surface area contributed by atoms with E-state index in [0.717, 1.165) is 6.42 Å². The van der Waals surface area contributed by atoms with Crippen molar-refractivity contribution < 1.29 is 14.2 Å². The number of ether oxygens (including phenoxy) is 3. The Morgan fingerprint density at radius 3 is 2.94 bits per heavy atom. The minimum Gasteiger partial charge on any atom is -0.481 e. The molecule has 0 radical (unpaired) electrons. The lowest BCUT2D eigenvalue weighted by Crippen LogP contribution is -2.39. The van der Waals surface area contributed by atoms with Gasteiger partial charge in [0.05, 0.1) is 13.7 Å². The van der Waals surface area contributed by atoms with Crippen LogP contribution in [-0.2, 0) is 9.47 Å².